The first-order valence-corrected chi connectivity index (χ1v) is 5.41. The summed E-state index contributed by atoms with van der Waals surface area (Å²) in [5, 5.41) is 3.39. The number of hydrogen-bond acceptors (Lipinski definition) is 1. The molecule has 0 spiro atoms. The Morgan fingerprint density at radius 1 is 1.07 bits per heavy atom. The molecule has 1 nitrogen and oxygen atoms in total. The Morgan fingerprint density at radius 2 is 1.60 bits per heavy atom. The predicted molar refractivity (Wildman–Crippen MR) is 66.9 cm³/mol. The lowest BCUT2D eigenvalue weighted by atomic mass is 9.62. The molecule has 1 aromatic rings. The maximum atomic E-state index is 6.23. The van der Waals surface area contributed by atoms with Crippen molar-refractivity contribution in [2.75, 3.05) is 0 Å². The Balaban J connectivity index is 2.58. The average Bonchev–Trinajstić information content (AvgIpc) is 2.15. The predicted octanol–water partition coefficient (Wildman–Crippen LogP) is 2.71. The molecule has 1 atom stereocenters. The SMILES string of the molecule is [B]C(C)(NCc1ccccc1)C(C)(C)C. The smallest absolute Gasteiger partial charge is 0.0957 e. The molecule has 0 heterocycles. The normalized spacial score (nSPS) is 16.0. The summed E-state index contributed by atoms with van der Waals surface area (Å²) in [7, 11) is 6.23. The van der Waals surface area contributed by atoms with E-state index in [1.54, 1.807) is 0 Å². The van der Waals surface area contributed by atoms with E-state index in [0.717, 1.165) is 6.54 Å². The van der Waals surface area contributed by atoms with Gasteiger partial charge < -0.3 is 5.32 Å². The molecule has 0 aliphatic carbocycles. The van der Waals surface area contributed by atoms with Crippen molar-refractivity contribution >= 4 is 7.85 Å². The van der Waals surface area contributed by atoms with E-state index in [0.29, 0.717) is 0 Å². The molecule has 80 valence electrons. The molecule has 15 heavy (non-hydrogen) atoms. The van der Waals surface area contributed by atoms with Crippen LogP contribution in [0.1, 0.15) is 33.3 Å². The minimum Gasteiger partial charge on any atom is -0.315 e. The highest BCUT2D eigenvalue weighted by molar-refractivity contribution is 6.15. The van der Waals surface area contributed by atoms with Crippen LogP contribution in [0.5, 0.6) is 0 Å². The summed E-state index contributed by atoms with van der Waals surface area (Å²) in [5.74, 6) is 0. The molecule has 1 aromatic carbocycles. The summed E-state index contributed by atoms with van der Waals surface area (Å²) in [6.07, 6.45) is 0. The second-order valence-corrected chi connectivity index (χ2v) is 5.29. The van der Waals surface area contributed by atoms with Crippen molar-refractivity contribution in [3.05, 3.63) is 35.9 Å². The van der Waals surface area contributed by atoms with Crippen molar-refractivity contribution < 1.29 is 0 Å². The molecule has 0 aliphatic heterocycles. The number of benzene rings is 1. The molecule has 0 bridgehead atoms. The molecule has 2 heteroatoms. The van der Waals surface area contributed by atoms with Crippen LogP contribution >= 0.6 is 0 Å². The van der Waals surface area contributed by atoms with Crippen LogP contribution < -0.4 is 5.32 Å². The first kappa shape index (κ1) is 12.3. The third-order valence-corrected chi connectivity index (χ3v) is 3.06. The van der Waals surface area contributed by atoms with Crippen molar-refractivity contribution in [3.63, 3.8) is 0 Å². The van der Waals surface area contributed by atoms with Gasteiger partial charge in [0.1, 0.15) is 0 Å². The van der Waals surface area contributed by atoms with Crippen LogP contribution in [-0.2, 0) is 6.54 Å². The fourth-order valence-electron chi connectivity index (χ4n) is 1.15. The molecule has 1 N–H and O–H groups in total. The molecule has 0 saturated carbocycles. The Morgan fingerprint density at radius 3 is 2.07 bits per heavy atom. The summed E-state index contributed by atoms with van der Waals surface area (Å²) >= 11 is 0. The fourth-order valence-corrected chi connectivity index (χ4v) is 1.15. The lowest BCUT2D eigenvalue weighted by Crippen LogP contribution is -2.52. The molecular formula is C13H20BN. The highest BCUT2D eigenvalue weighted by Crippen LogP contribution is 2.27. The van der Waals surface area contributed by atoms with Crippen molar-refractivity contribution in [1.82, 2.24) is 5.32 Å². The largest absolute Gasteiger partial charge is 0.315 e. The van der Waals surface area contributed by atoms with Crippen LogP contribution in [-0.4, -0.2) is 13.3 Å². The number of nitrogens with one attached hydrogen (secondary N) is 1. The molecule has 0 aromatic heterocycles. The minimum absolute atomic E-state index is 0.0434. The zero-order valence-electron chi connectivity index (χ0n) is 10.2. The van der Waals surface area contributed by atoms with Gasteiger partial charge in [-0.15, -0.1) is 0 Å². The second-order valence-electron chi connectivity index (χ2n) is 5.29. The molecule has 1 unspecified atom stereocenters. The highest BCUT2D eigenvalue weighted by atomic mass is 15.0. The van der Waals surface area contributed by atoms with Crippen LogP contribution in [0.2, 0.25) is 0 Å². The Kier molecular flexibility index (Phi) is 3.61. The first-order chi connectivity index (χ1) is 6.83. The summed E-state index contributed by atoms with van der Waals surface area (Å²) in [6.45, 7) is 9.28. The molecule has 2 radical (unpaired) electrons. The summed E-state index contributed by atoms with van der Waals surface area (Å²) < 4.78 is 0. The average molecular weight is 201 g/mol. The molecule has 1 rings (SSSR count). The van der Waals surface area contributed by atoms with Crippen LogP contribution in [0, 0.1) is 5.41 Å². The van der Waals surface area contributed by atoms with Gasteiger partial charge in [-0.05, 0) is 16.4 Å². The Bertz CT molecular complexity index is 298. The van der Waals surface area contributed by atoms with E-state index in [1.807, 2.05) is 25.1 Å². The van der Waals surface area contributed by atoms with E-state index in [-0.39, 0.29) is 10.9 Å². The van der Waals surface area contributed by atoms with Gasteiger partial charge in [-0.1, -0.05) is 58.0 Å². The molecule has 0 saturated heterocycles. The van der Waals surface area contributed by atoms with E-state index in [2.05, 4.69) is 38.2 Å². The van der Waals surface area contributed by atoms with Crippen LogP contribution in [0.4, 0.5) is 0 Å². The molecular weight excluding hydrogens is 181 g/mol. The lowest BCUT2D eigenvalue weighted by Gasteiger charge is -2.40. The van der Waals surface area contributed by atoms with Crippen molar-refractivity contribution in [1.29, 1.82) is 0 Å². The standard InChI is InChI=1S/C13H20BN/c1-12(2,3)13(4,14)15-10-11-8-6-5-7-9-11/h5-9,15H,10H2,1-4H3. The van der Waals surface area contributed by atoms with Gasteiger partial charge >= 0.3 is 0 Å². The third-order valence-electron chi connectivity index (χ3n) is 3.06. The van der Waals surface area contributed by atoms with Gasteiger partial charge in [-0.2, -0.15) is 0 Å². The van der Waals surface area contributed by atoms with E-state index < -0.39 is 0 Å². The maximum absolute atomic E-state index is 6.23. The van der Waals surface area contributed by atoms with E-state index in [4.69, 9.17) is 7.85 Å². The van der Waals surface area contributed by atoms with Gasteiger partial charge in [0, 0.05) is 6.54 Å². The summed E-state index contributed by atoms with van der Waals surface area (Å²) in [5.41, 5.74) is 0.948. The van der Waals surface area contributed by atoms with E-state index in [1.165, 1.54) is 5.56 Å². The van der Waals surface area contributed by atoms with E-state index in [9.17, 15) is 0 Å². The number of rotatable bonds is 3. The second kappa shape index (κ2) is 4.40. The van der Waals surface area contributed by atoms with Crippen molar-refractivity contribution in [2.45, 2.75) is 39.7 Å². The third kappa shape index (κ3) is 3.38. The van der Waals surface area contributed by atoms with Crippen LogP contribution in [0.15, 0.2) is 30.3 Å². The fraction of sp³-hybridized carbons (Fsp3) is 0.538. The van der Waals surface area contributed by atoms with Crippen LogP contribution in [0.25, 0.3) is 0 Å². The summed E-state index contributed by atoms with van der Waals surface area (Å²) in [4.78, 5) is 0. The maximum Gasteiger partial charge on any atom is 0.0957 e. The zero-order valence-corrected chi connectivity index (χ0v) is 10.2. The Hall–Kier alpha value is -0.755. The van der Waals surface area contributed by atoms with Gasteiger partial charge in [0.25, 0.3) is 0 Å². The topological polar surface area (TPSA) is 12.0 Å². The highest BCUT2D eigenvalue weighted by Gasteiger charge is 2.31. The monoisotopic (exact) mass is 201 g/mol. The van der Waals surface area contributed by atoms with Gasteiger partial charge in [-0.3, -0.25) is 0 Å². The quantitative estimate of drug-likeness (QED) is 0.741. The van der Waals surface area contributed by atoms with Crippen LogP contribution in [0.3, 0.4) is 0 Å². The molecule has 0 fully saturated rings. The van der Waals surface area contributed by atoms with Gasteiger partial charge in [0.05, 0.1) is 7.85 Å². The zero-order chi connectivity index (χ0) is 11.5. The van der Waals surface area contributed by atoms with Gasteiger partial charge in [0.15, 0.2) is 0 Å². The van der Waals surface area contributed by atoms with E-state index >= 15 is 0 Å². The first-order valence-electron chi connectivity index (χ1n) is 5.41. The lowest BCUT2D eigenvalue weighted by molar-refractivity contribution is 0.242. The van der Waals surface area contributed by atoms with Crippen molar-refractivity contribution in [2.24, 2.45) is 5.41 Å². The molecule has 0 aliphatic rings. The Labute approximate surface area is 94.7 Å². The van der Waals surface area contributed by atoms with Crippen molar-refractivity contribution in [3.8, 4) is 0 Å². The minimum atomic E-state index is -0.358. The van der Waals surface area contributed by atoms with Gasteiger partial charge in [0.2, 0.25) is 0 Å². The number of hydrogen-bond donors (Lipinski definition) is 1. The summed E-state index contributed by atoms with van der Waals surface area (Å²) in [6, 6.07) is 10.3. The molecule has 0 amide bonds. The van der Waals surface area contributed by atoms with Gasteiger partial charge in [-0.25, -0.2) is 0 Å².